The Morgan fingerprint density at radius 3 is 2.39 bits per heavy atom. The molecule has 2 heterocycles. The summed E-state index contributed by atoms with van der Waals surface area (Å²) in [5.74, 6) is 3.09. The van der Waals surface area contributed by atoms with E-state index in [4.69, 9.17) is 4.74 Å². The number of Topliss-reactive ketones (excluding diaryl/α,β-unsaturated/α-hetero) is 1. The second kappa shape index (κ2) is 7.87. The Balaban J connectivity index is 1.29. The van der Waals surface area contributed by atoms with Gasteiger partial charge in [-0.2, -0.15) is 0 Å². The molecule has 1 aliphatic heterocycles. The van der Waals surface area contributed by atoms with Gasteiger partial charge in [0.1, 0.15) is 0 Å². The van der Waals surface area contributed by atoms with Gasteiger partial charge in [0.15, 0.2) is 5.78 Å². The number of carbonyl (C=O) groups excluding carboxylic acids is 1. The first-order valence-electron chi connectivity index (χ1n) is 15.7. The maximum Gasteiger partial charge on any atom is 0.164 e. The summed E-state index contributed by atoms with van der Waals surface area (Å²) in [5.41, 5.74) is 2.43. The summed E-state index contributed by atoms with van der Waals surface area (Å²) >= 11 is 1.76. The van der Waals surface area contributed by atoms with Crippen molar-refractivity contribution in [3.63, 3.8) is 0 Å². The molecule has 0 unspecified atom stereocenters. The van der Waals surface area contributed by atoms with Gasteiger partial charge in [0.05, 0.1) is 12.7 Å². The highest BCUT2D eigenvalue weighted by Gasteiger charge is 2.73. The van der Waals surface area contributed by atoms with Crippen molar-refractivity contribution >= 4 is 23.2 Å². The highest BCUT2D eigenvalue weighted by atomic mass is 32.1. The van der Waals surface area contributed by atoms with E-state index in [1.807, 2.05) is 0 Å². The van der Waals surface area contributed by atoms with Crippen LogP contribution in [0.15, 0.2) is 23.1 Å². The lowest BCUT2D eigenvalue weighted by Gasteiger charge is -2.73. The van der Waals surface area contributed by atoms with E-state index in [2.05, 4.69) is 72.1 Å². The molecule has 6 aliphatic rings. The van der Waals surface area contributed by atoms with Gasteiger partial charge in [0, 0.05) is 10.3 Å². The zero-order valence-electron chi connectivity index (χ0n) is 25.0. The van der Waals surface area contributed by atoms with Gasteiger partial charge in [-0.3, -0.25) is 4.79 Å². The van der Waals surface area contributed by atoms with E-state index in [-0.39, 0.29) is 10.8 Å². The molecule has 5 saturated carbocycles. The third-order valence-electron chi connectivity index (χ3n) is 14.6. The van der Waals surface area contributed by atoms with Gasteiger partial charge in [-0.1, -0.05) is 54.5 Å². The van der Waals surface area contributed by atoms with Crippen LogP contribution in [0.4, 0.5) is 0 Å². The monoisotopic (exact) mass is 534 g/mol. The smallest absolute Gasteiger partial charge is 0.164 e. The lowest BCUT2D eigenvalue weighted by Crippen LogP contribution is -2.67. The Kier molecular flexibility index (Phi) is 5.39. The number of fused-ring (bicyclic) bond motifs is 5. The van der Waals surface area contributed by atoms with E-state index in [1.54, 1.807) is 11.3 Å². The molecule has 0 spiro atoms. The molecular weight excluding hydrogens is 484 g/mol. The standard InChI is InChI=1S/C35H50O2S/c1-30(2)14-16-35-17-15-33(6)24(27(35)29(30)37-21-35)10-11-26-32(5)20-22(19-23-9-8-18-38-23)28(36)31(3,4)25(32)12-13-34(26,33)7/h8-9,18-19,24-27,29H,10-17,20-21H2,1-7H3/b22-19+/t24-,25-,26-,27-,29-,32+,33-,34-,35-/m1/s1. The minimum absolute atomic E-state index is 0.179. The summed E-state index contributed by atoms with van der Waals surface area (Å²) in [6.45, 7) is 18.6. The highest BCUT2D eigenvalue weighted by Crippen LogP contribution is 2.78. The summed E-state index contributed by atoms with van der Waals surface area (Å²) in [7, 11) is 0. The number of allylic oxidation sites excluding steroid dienone is 1. The van der Waals surface area contributed by atoms with Crippen LogP contribution in [0.3, 0.4) is 0 Å². The Morgan fingerprint density at radius 2 is 1.66 bits per heavy atom. The fourth-order valence-electron chi connectivity index (χ4n) is 12.5. The number of rotatable bonds is 1. The minimum Gasteiger partial charge on any atom is -0.377 e. The molecule has 5 aliphatic carbocycles. The molecule has 38 heavy (non-hydrogen) atoms. The second-order valence-corrected chi connectivity index (χ2v) is 17.7. The fourth-order valence-corrected chi connectivity index (χ4v) is 13.2. The average Bonchev–Trinajstić information content (AvgIpc) is 3.47. The van der Waals surface area contributed by atoms with Crippen molar-refractivity contribution in [1.29, 1.82) is 0 Å². The maximum atomic E-state index is 13.9. The van der Waals surface area contributed by atoms with E-state index in [0.29, 0.717) is 45.4 Å². The molecule has 7 rings (SSSR count). The number of carbonyl (C=O) groups is 1. The molecule has 0 amide bonds. The van der Waals surface area contributed by atoms with Crippen LogP contribution in [0.2, 0.25) is 0 Å². The molecular formula is C35H50O2S. The Labute approximate surface area is 235 Å². The lowest BCUT2D eigenvalue weighted by molar-refractivity contribution is -0.236. The number of ketones is 1. The van der Waals surface area contributed by atoms with E-state index < -0.39 is 0 Å². The highest BCUT2D eigenvalue weighted by molar-refractivity contribution is 7.10. The Hall–Kier alpha value is -0.930. The zero-order chi connectivity index (χ0) is 26.9. The molecule has 1 saturated heterocycles. The molecule has 208 valence electrons. The first kappa shape index (κ1) is 26.0. The first-order valence-corrected chi connectivity index (χ1v) is 16.6. The van der Waals surface area contributed by atoms with Gasteiger partial charge < -0.3 is 4.74 Å². The van der Waals surface area contributed by atoms with Gasteiger partial charge >= 0.3 is 0 Å². The van der Waals surface area contributed by atoms with Crippen molar-refractivity contribution in [2.45, 2.75) is 112 Å². The molecule has 0 N–H and O–H groups in total. The van der Waals surface area contributed by atoms with Crippen LogP contribution < -0.4 is 0 Å². The van der Waals surface area contributed by atoms with Crippen LogP contribution in [0, 0.1) is 56.2 Å². The molecule has 6 fully saturated rings. The molecule has 0 radical (unpaired) electrons. The quantitative estimate of drug-likeness (QED) is 0.336. The van der Waals surface area contributed by atoms with Gasteiger partial charge in [-0.25, -0.2) is 0 Å². The summed E-state index contributed by atoms with van der Waals surface area (Å²) in [4.78, 5) is 15.2. The summed E-state index contributed by atoms with van der Waals surface area (Å²) in [6, 6.07) is 4.28. The summed E-state index contributed by atoms with van der Waals surface area (Å²) < 4.78 is 6.76. The van der Waals surface area contributed by atoms with Crippen LogP contribution >= 0.6 is 11.3 Å². The maximum absolute atomic E-state index is 13.9. The number of ether oxygens (including phenoxy) is 1. The van der Waals surface area contributed by atoms with Crippen molar-refractivity contribution in [1.82, 2.24) is 0 Å². The lowest BCUT2D eigenvalue weighted by atomic mass is 9.31. The van der Waals surface area contributed by atoms with Crippen LogP contribution in [-0.2, 0) is 9.53 Å². The molecule has 2 bridgehead atoms. The van der Waals surface area contributed by atoms with Gasteiger partial charge in [-0.05, 0) is 132 Å². The van der Waals surface area contributed by atoms with E-state index in [1.165, 1.54) is 56.2 Å². The van der Waals surface area contributed by atoms with E-state index in [9.17, 15) is 4.79 Å². The third-order valence-corrected chi connectivity index (χ3v) is 15.4. The normalized spacial score (nSPS) is 51.6. The third kappa shape index (κ3) is 3.07. The molecule has 0 aromatic carbocycles. The van der Waals surface area contributed by atoms with Crippen molar-refractivity contribution in [2.24, 2.45) is 56.2 Å². The van der Waals surface area contributed by atoms with Crippen molar-refractivity contribution < 1.29 is 9.53 Å². The van der Waals surface area contributed by atoms with E-state index >= 15 is 0 Å². The number of hydrogen-bond acceptors (Lipinski definition) is 3. The van der Waals surface area contributed by atoms with Crippen molar-refractivity contribution in [3.05, 3.63) is 28.0 Å². The molecule has 3 heteroatoms. The summed E-state index contributed by atoms with van der Waals surface area (Å²) in [5, 5.41) is 2.13. The van der Waals surface area contributed by atoms with Crippen LogP contribution in [-0.4, -0.2) is 18.5 Å². The molecule has 1 aromatic heterocycles. The topological polar surface area (TPSA) is 26.3 Å². The van der Waals surface area contributed by atoms with Crippen LogP contribution in [0.25, 0.3) is 6.08 Å². The first-order chi connectivity index (χ1) is 17.8. The van der Waals surface area contributed by atoms with Gasteiger partial charge in [0.2, 0.25) is 0 Å². The van der Waals surface area contributed by atoms with Crippen molar-refractivity contribution in [2.75, 3.05) is 6.61 Å². The van der Waals surface area contributed by atoms with Crippen molar-refractivity contribution in [3.8, 4) is 0 Å². The Morgan fingerprint density at radius 1 is 0.895 bits per heavy atom. The van der Waals surface area contributed by atoms with Crippen LogP contribution in [0.1, 0.15) is 111 Å². The van der Waals surface area contributed by atoms with Gasteiger partial charge in [0.25, 0.3) is 0 Å². The SMILES string of the molecule is CC1(C)CC[C@]23CC[C@]4(C)[C@H](CC[C@@H]5[C@@]6(C)C/C(=C\c7cccs7)C(=O)C(C)(C)[C@H]6CC[C@]54C)[C@@H]2[C@H]1OC3. The summed E-state index contributed by atoms with van der Waals surface area (Å²) in [6.07, 6.45) is 14.3. The Bertz CT molecular complexity index is 1180. The molecule has 2 nitrogen and oxygen atoms in total. The fraction of sp³-hybridized carbons (Fsp3) is 0.800. The van der Waals surface area contributed by atoms with Crippen LogP contribution in [0.5, 0.6) is 0 Å². The zero-order valence-corrected chi connectivity index (χ0v) is 25.8. The largest absolute Gasteiger partial charge is 0.377 e. The van der Waals surface area contributed by atoms with Gasteiger partial charge in [-0.15, -0.1) is 11.3 Å². The molecule has 1 aromatic rings. The minimum atomic E-state index is -0.286. The second-order valence-electron chi connectivity index (χ2n) is 16.7. The number of thiophene rings is 1. The molecule has 9 atom stereocenters. The average molecular weight is 535 g/mol. The predicted molar refractivity (Wildman–Crippen MR) is 157 cm³/mol. The number of hydrogen-bond donors (Lipinski definition) is 0. The van der Waals surface area contributed by atoms with E-state index in [0.717, 1.165) is 30.4 Å². The predicted octanol–water partition coefficient (Wildman–Crippen LogP) is 9.20.